The third-order valence-electron chi connectivity index (χ3n) is 3.24. The van der Waals surface area contributed by atoms with Crippen LogP contribution in [0.4, 0.5) is 5.95 Å². The Kier molecular flexibility index (Phi) is 3.29. The smallest absolute Gasteiger partial charge is 0.257 e. The number of H-pyrrole nitrogens is 1. The van der Waals surface area contributed by atoms with E-state index in [1.807, 2.05) is 30.3 Å². The lowest BCUT2D eigenvalue weighted by Crippen LogP contribution is -2.32. The average molecular weight is 256 g/mol. The zero-order chi connectivity index (χ0) is 13.1. The summed E-state index contributed by atoms with van der Waals surface area (Å²) in [5, 5.41) is 6.34. The number of anilines is 1. The third-order valence-corrected chi connectivity index (χ3v) is 3.24. The third kappa shape index (κ3) is 2.66. The van der Waals surface area contributed by atoms with Crippen LogP contribution in [-0.2, 0) is 19.5 Å². The summed E-state index contributed by atoms with van der Waals surface area (Å²) in [7, 11) is 0. The van der Waals surface area contributed by atoms with E-state index in [4.69, 9.17) is 0 Å². The van der Waals surface area contributed by atoms with Crippen molar-refractivity contribution in [2.24, 2.45) is 0 Å². The number of hydrogen-bond donors (Lipinski definition) is 3. The van der Waals surface area contributed by atoms with Gasteiger partial charge in [-0.25, -0.2) is 4.98 Å². The van der Waals surface area contributed by atoms with Gasteiger partial charge in [0.15, 0.2) is 0 Å². The molecule has 0 amide bonds. The van der Waals surface area contributed by atoms with E-state index < -0.39 is 0 Å². The zero-order valence-corrected chi connectivity index (χ0v) is 10.6. The molecule has 2 aromatic rings. The number of aromatic amines is 1. The quantitative estimate of drug-likeness (QED) is 0.767. The van der Waals surface area contributed by atoms with Crippen LogP contribution >= 0.6 is 0 Å². The number of rotatable bonds is 3. The molecule has 1 aromatic carbocycles. The van der Waals surface area contributed by atoms with E-state index in [0.717, 1.165) is 29.8 Å². The van der Waals surface area contributed by atoms with Crippen molar-refractivity contribution in [3.05, 3.63) is 57.5 Å². The van der Waals surface area contributed by atoms with Crippen molar-refractivity contribution in [1.29, 1.82) is 0 Å². The fourth-order valence-electron chi connectivity index (χ4n) is 2.22. The second kappa shape index (κ2) is 5.24. The Labute approximate surface area is 111 Å². The van der Waals surface area contributed by atoms with Crippen LogP contribution in [0.5, 0.6) is 0 Å². The van der Waals surface area contributed by atoms with Crippen molar-refractivity contribution < 1.29 is 0 Å². The number of hydrogen-bond acceptors (Lipinski definition) is 4. The van der Waals surface area contributed by atoms with Gasteiger partial charge in [-0.05, 0) is 5.56 Å². The Balaban J connectivity index is 1.78. The summed E-state index contributed by atoms with van der Waals surface area (Å²) < 4.78 is 0. The molecule has 0 saturated heterocycles. The fourth-order valence-corrected chi connectivity index (χ4v) is 2.22. The van der Waals surface area contributed by atoms with Crippen molar-refractivity contribution >= 4 is 5.95 Å². The summed E-state index contributed by atoms with van der Waals surface area (Å²) in [5.41, 5.74) is 2.77. The molecule has 19 heavy (non-hydrogen) atoms. The van der Waals surface area contributed by atoms with E-state index >= 15 is 0 Å². The van der Waals surface area contributed by atoms with Crippen molar-refractivity contribution in [2.45, 2.75) is 19.5 Å². The molecule has 0 bridgehead atoms. The van der Waals surface area contributed by atoms with Gasteiger partial charge in [0.2, 0.25) is 5.95 Å². The van der Waals surface area contributed by atoms with Crippen molar-refractivity contribution in [2.75, 3.05) is 11.9 Å². The van der Waals surface area contributed by atoms with E-state index in [0.29, 0.717) is 19.0 Å². The number of aromatic nitrogens is 2. The molecule has 0 atom stereocenters. The molecule has 0 saturated carbocycles. The molecule has 1 aromatic heterocycles. The van der Waals surface area contributed by atoms with Crippen LogP contribution in [0.3, 0.4) is 0 Å². The van der Waals surface area contributed by atoms with Crippen molar-refractivity contribution in [3.8, 4) is 0 Å². The van der Waals surface area contributed by atoms with E-state index in [9.17, 15) is 4.79 Å². The van der Waals surface area contributed by atoms with Crippen LogP contribution in [0, 0.1) is 0 Å². The van der Waals surface area contributed by atoms with Gasteiger partial charge in [0.05, 0.1) is 11.3 Å². The largest absolute Gasteiger partial charge is 0.352 e. The van der Waals surface area contributed by atoms with Crippen LogP contribution in [-0.4, -0.2) is 16.5 Å². The first-order valence-electron chi connectivity index (χ1n) is 6.43. The van der Waals surface area contributed by atoms with Crippen LogP contribution in [0.1, 0.15) is 16.8 Å². The highest BCUT2D eigenvalue weighted by Gasteiger charge is 2.14. The molecule has 98 valence electrons. The summed E-state index contributed by atoms with van der Waals surface area (Å²) in [4.78, 5) is 19.2. The minimum Gasteiger partial charge on any atom is -0.352 e. The van der Waals surface area contributed by atoms with Crippen molar-refractivity contribution in [1.82, 2.24) is 15.3 Å². The zero-order valence-electron chi connectivity index (χ0n) is 10.6. The first kappa shape index (κ1) is 11.9. The van der Waals surface area contributed by atoms with Crippen molar-refractivity contribution in [3.63, 3.8) is 0 Å². The van der Waals surface area contributed by atoms with Gasteiger partial charge in [0.25, 0.3) is 5.56 Å². The standard InChI is InChI=1S/C14H16N4O/c19-13-11-9-15-7-6-12(11)17-14(18-13)16-8-10-4-2-1-3-5-10/h1-5,15H,6-9H2,(H2,16,17,18,19). The van der Waals surface area contributed by atoms with Crippen LogP contribution < -0.4 is 16.2 Å². The van der Waals surface area contributed by atoms with Gasteiger partial charge < -0.3 is 10.6 Å². The first-order valence-corrected chi connectivity index (χ1v) is 6.43. The highest BCUT2D eigenvalue weighted by atomic mass is 16.1. The SMILES string of the molecule is O=c1[nH]c(NCc2ccccc2)nc2c1CNCC2. The van der Waals surface area contributed by atoms with E-state index in [2.05, 4.69) is 20.6 Å². The van der Waals surface area contributed by atoms with Crippen LogP contribution in [0.15, 0.2) is 35.1 Å². The monoisotopic (exact) mass is 256 g/mol. The number of fused-ring (bicyclic) bond motifs is 1. The first-order chi connectivity index (χ1) is 9.33. The molecule has 1 aliphatic rings. The molecule has 0 unspecified atom stereocenters. The lowest BCUT2D eigenvalue weighted by molar-refractivity contribution is 0.621. The summed E-state index contributed by atoms with van der Waals surface area (Å²) in [6.45, 7) is 2.14. The van der Waals surface area contributed by atoms with E-state index in [-0.39, 0.29) is 5.56 Å². The van der Waals surface area contributed by atoms with Gasteiger partial charge in [0.1, 0.15) is 0 Å². The molecule has 2 heterocycles. The maximum atomic E-state index is 11.9. The van der Waals surface area contributed by atoms with Gasteiger partial charge in [0, 0.05) is 26.1 Å². The minimum absolute atomic E-state index is 0.0484. The predicted octanol–water partition coefficient (Wildman–Crippen LogP) is 1.03. The van der Waals surface area contributed by atoms with Gasteiger partial charge in [-0.15, -0.1) is 0 Å². The molecular weight excluding hydrogens is 240 g/mol. The van der Waals surface area contributed by atoms with Crippen LogP contribution in [0.2, 0.25) is 0 Å². The maximum absolute atomic E-state index is 11.9. The lowest BCUT2D eigenvalue weighted by atomic mass is 10.1. The molecule has 3 N–H and O–H groups in total. The molecular formula is C14H16N4O. The predicted molar refractivity (Wildman–Crippen MR) is 74.0 cm³/mol. The Morgan fingerprint density at radius 1 is 1.26 bits per heavy atom. The Hall–Kier alpha value is -2.14. The molecule has 0 radical (unpaired) electrons. The molecule has 5 nitrogen and oxygen atoms in total. The molecule has 0 aliphatic carbocycles. The summed E-state index contributed by atoms with van der Waals surface area (Å²) in [5.74, 6) is 0.550. The van der Waals surface area contributed by atoms with Crippen LogP contribution in [0.25, 0.3) is 0 Å². The minimum atomic E-state index is -0.0484. The summed E-state index contributed by atoms with van der Waals surface area (Å²) >= 11 is 0. The second-order valence-corrected chi connectivity index (χ2v) is 4.61. The van der Waals surface area contributed by atoms with E-state index in [1.165, 1.54) is 0 Å². The normalized spacial score (nSPS) is 13.9. The molecule has 3 rings (SSSR count). The van der Waals surface area contributed by atoms with Gasteiger partial charge >= 0.3 is 0 Å². The Bertz CT molecular complexity index is 621. The summed E-state index contributed by atoms with van der Waals surface area (Å²) in [6, 6.07) is 10.0. The van der Waals surface area contributed by atoms with E-state index in [1.54, 1.807) is 0 Å². The average Bonchev–Trinajstić information content (AvgIpc) is 2.46. The topological polar surface area (TPSA) is 69.8 Å². The highest BCUT2D eigenvalue weighted by Crippen LogP contribution is 2.09. The molecule has 0 spiro atoms. The number of nitrogens with one attached hydrogen (secondary N) is 3. The summed E-state index contributed by atoms with van der Waals surface area (Å²) in [6.07, 6.45) is 0.805. The maximum Gasteiger partial charge on any atom is 0.257 e. The molecule has 5 heteroatoms. The Morgan fingerprint density at radius 3 is 2.95 bits per heavy atom. The van der Waals surface area contributed by atoms with Gasteiger partial charge in [-0.2, -0.15) is 0 Å². The highest BCUT2D eigenvalue weighted by molar-refractivity contribution is 5.32. The van der Waals surface area contributed by atoms with Gasteiger partial charge in [-0.1, -0.05) is 30.3 Å². The lowest BCUT2D eigenvalue weighted by Gasteiger charge is -2.16. The fraction of sp³-hybridized carbons (Fsp3) is 0.286. The van der Waals surface area contributed by atoms with Gasteiger partial charge in [-0.3, -0.25) is 9.78 Å². The number of nitrogens with zero attached hydrogens (tertiary/aromatic N) is 1. The Morgan fingerprint density at radius 2 is 2.11 bits per heavy atom. The second-order valence-electron chi connectivity index (χ2n) is 4.61. The molecule has 1 aliphatic heterocycles. The molecule has 0 fully saturated rings. The number of benzene rings is 1.